The van der Waals surface area contributed by atoms with Gasteiger partial charge in [0.15, 0.2) is 6.61 Å². The fourth-order valence-electron chi connectivity index (χ4n) is 3.69. The van der Waals surface area contributed by atoms with Gasteiger partial charge in [-0.25, -0.2) is 5.43 Å². The summed E-state index contributed by atoms with van der Waals surface area (Å²) in [6, 6.07) is 9.33. The summed E-state index contributed by atoms with van der Waals surface area (Å²) in [6.45, 7) is 2.03. The highest BCUT2D eigenvalue weighted by atomic mass is 16.5. The highest BCUT2D eigenvalue weighted by molar-refractivity contribution is 5.87. The minimum atomic E-state index is -0.207. The zero-order valence-electron chi connectivity index (χ0n) is 12.4. The molecule has 112 valence electrons. The van der Waals surface area contributed by atoms with Gasteiger partial charge in [-0.3, -0.25) is 4.79 Å². The highest BCUT2D eigenvalue weighted by Gasteiger charge is 2.40. The molecule has 3 rings (SSSR count). The van der Waals surface area contributed by atoms with Crippen molar-refractivity contribution in [1.29, 1.82) is 0 Å². The largest absolute Gasteiger partial charge is 0.484 e. The zero-order valence-corrected chi connectivity index (χ0v) is 12.4. The molecule has 1 aromatic carbocycles. The van der Waals surface area contributed by atoms with Gasteiger partial charge < -0.3 is 4.74 Å². The number of nitrogens with zero attached hydrogens (tertiary/aromatic N) is 1. The maximum atomic E-state index is 11.8. The van der Waals surface area contributed by atoms with Crippen LogP contribution in [0.2, 0.25) is 0 Å². The van der Waals surface area contributed by atoms with Crippen molar-refractivity contribution in [2.24, 2.45) is 22.9 Å². The number of hydrogen-bond acceptors (Lipinski definition) is 3. The van der Waals surface area contributed by atoms with E-state index < -0.39 is 0 Å². The maximum Gasteiger partial charge on any atom is 0.277 e. The summed E-state index contributed by atoms with van der Waals surface area (Å²) < 4.78 is 5.39. The summed E-state index contributed by atoms with van der Waals surface area (Å²) in [5.41, 5.74) is 3.68. The van der Waals surface area contributed by atoms with Gasteiger partial charge in [0.2, 0.25) is 0 Å². The van der Waals surface area contributed by atoms with Gasteiger partial charge in [-0.15, -0.1) is 0 Å². The van der Waals surface area contributed by atoms with Crippen LogP contribution in [0.4, 0.5) is 0 Å². The van der Waals surface area contributed by atoms with E-state index in [-0.39, 0.29) is 12.5 Å². The number of carbonyl (C=O) groups excluding carboxylic acids is 1. The van der Waals surface area contributed by atoms with Crippen LogP contribution < -0.4 is 10.2 Å². The van der Waals surface area contributed by atoms with Gasteiger partial charge in [-0.2, -0.15) is 5.10 Å². The molecule has 4 heteroatoms. The number of rotatable bonds is 5. The van der Waals surface area contributed by atoms with Crippen LogP contribution in [0.25, 0.3) is 0 Å². The Kier molecular flexibility index (Phi) is 4.23. The molecule has 2 aliphatic rings. The second kappa shape index (κ2) is 6.29. The number of para-hydroxylation sites is 1. The van der Waals surface area contributed by atoms with E-state index in [0.717, 1.165) is 17.5 Å². The molecule has 1 N–H and O–H groups in total. The Labute approximate surface area is 125 Å². The van der Waals surface area contributed by atoms with Gasteiger partial charge in [-0.05, 0) is 50.2 Å². The highest BCUT2D eigenvalue weighted by Crippen LogP contribution is 2.48. The molecule has 2 aliphatic carbocycles. The Hall–Kier alpha value is -1.84. The summed E-state index contributed by atoms with van der Waals surface area (Å²) in [7, 11) is 0. The number of nitrogens with one attached hydrogen (secondary N) is 1. The van der Waals surface area contributed by atoms with Crippen molar-refractivity contribution >= 4 is 11.6 Å². The number of hydrazone groups is 1. The molecule has 3 atom stereocenters. The fourth-order valence-corrected chi connectivity index (χ4v) is 3.69. The SMILES string of the molecule is CC(=NNC(=O)COc1ccccc1)C1CC2CCC1C2. The van der Waals surface area contributed by atoms with E-state index in [1.807, 2.05) is 37.3 Å². The Bertz CT molecular complexity index is 527. The van der Waals surface area contributed by atoms with Gasteiger partial charge in [-0.1, -0.05) is 24.6 Å². The molecule has 2 saturated carbocycles. The molecule has 3 unspecified atom stereocenters. The van der Waals surface area contributed by atoms with Crippen LogP contribution in [0.5, 0.6) is 5.75 Å². The predicted octanol–water partition coefficient (Wildman–Crippen LogP) is 2.99. The Morgan fingerprint density at radius 1 is 1.29 bits per heavy atom. The number of fused-ring (bicyclic) bond motifs is 2. The van der Waals surface area contributed by atoms with Crippen molar-refractivity contribution in [1.82, 2.24) is 5.43 Å². The molecule has 0 spiro atoms. The van der Waals surface area contributed by atoms with E-state index in [4.69, 9.17) is 4.74 Å². The monoisotopic (exact) mass is 286 g/mol. The summed E-state index contributed by atoms with van der Waals surface area (Å²) in [6.07, 6.45) is 5.30. The first kappa shape index (κ1) is 14.1. The van der Waals surface area contributed by atoms with Crippen molar-refractivity contribution < 1.29 is 9.53 Å². The molecule has 0 saturated heterocycles. The topological polar surface area (TPSA) is 50.7 Å². The first-order valence-electron chi connectivity index (χ1n) is 7.73. The third-order valence-electron chi connectivity index (χ3n) is 4.74. The second-order valence-electron chi connectivity index (χ2n) is 6.17. The summed E-state index contributed by atoms with van der Waals surface area (Å²) >= 11 is 0. The van der Waals surface area contributed by atoms with E-state index in [2.05, 4.69) is 10.5 Å². The van der Waals surface area contributed by atoms with E-state index in [1.54, 1.807) is 0 Å². The van der Waals surface area contributed by atoms with Gasteiger partial charge in [0.1, 0.15) is 5.75 Å². The average molecular weight is 286 g/mol. The van der Waals surface area contributed by atoms with Crippen molar-refractivity contribution in [2.45, 2.75) is 32.6 Å². The Balaban J connectivity index is 1.45. The van der Waals surface area contributed by atoms with Crippen molar-refractivity contribution in [3.63, 3.8) is 0 Å². The molecule has 21 heavy (non-hydrogen) atoms. The normalized spacial score (nSPS) is 27.7. The van der Waals surface area contributed by atoms with Crippen LogP contribution in [-0.2, 0) is 4.79 Å². The number of hydrogen-bond donors (Lipinski definition) is 1. The Morgan fingerprint density at radius 2 is 2.10 bits per heavy atom. The van der Waals surface area contributed by atoms with E-state index in [1.165, 1.54) is 25.7 Å². The standard InChI is InChI=1S/C17H22N2O2/c1-12(16-10-13-7-8-14(16)9-13)18-19-17(20)11-21-15-5-3-2-4-6-15/h2-6,13-14,16H,7-11H2,1H3,(H,19,20). The third kappa shape index (κ3) is 3.43. The molecular formula is C17H22N2O2. The lowest BCUT2D eigenvalue weighted by atomic mass is 9.86. The van der Waals surface area contributed by atoms with Crippen LogP contribution in [0.15, 0.2) is 35.4 Å². The van der Waals surface area contributed by atoms with E-state index in [9.17, 15) is 4.79 Å². The summed E-state index contributed by atoms with van der Waals surface area (Å²) in [4.78, 5) is 11.8. The molecule has 4 nitrogen and oxygen atoms in total. The molecule has 2 bridgehead atoms. The first-order chi connectivity index (χ1) is 10.2. The van der Waals surface area contributed by atoms with Crippen molar-refractivity contribution in [3.8, 4) is 5.75 Å². The number of benzene rings is 1. The maximum absolute atomic E-state index is 11.8. The third-order valence-corrected chi connectivity index (χ3v) is 4.74. The molecular weight excluding hydrogens is 264 g/mol. The molecule has 0 aromatic heterocycles. The molecule has 0 heterocycles. The van der Waals surface area contributed by atoms with Crippen LogP contribution >= 0.6 is 0 Å². The average Bonchev–Trinajstić information content (AvgIpc) is 3.14. The van der Waals surface area contributed by atoms with Crippen LogP contribution in [0, 0.1) is 17.8 Å². The van der Waals surface area contributed by atoms with Crippen LogP contribution in [0.3, 0.4) is 0 Å². The minimum Gasteiger partial charge on any atom is -0.484 e. The molecule has 2 fully saturated rings. The lowest BCUT2D eigenvalue weighted by Gasteiger charge is -2.21. The first-order valence-corrected chi connectivity index (χ1v) is 7.73. The summed E-state index contributed by atoms with van der Waals surface area (Å²) in [5.74, 6) is 2.74. The zero-order chi connectivity index (χ0) is 14.7. The Morgan fingerprint density at radius 3 is 2.76 bits per heavy atom. The smallest absolute Gasteiger partial charge is 0.277 e. The van der Waals surface area contributed by atoms with Crippen molar-refractivity contribution in [2.75, 3.05) is 6.61 Å². The lowest BCUT2D eigenvalue weighted by Crippen LogP contribution is -2.28. The van der Waals surface area contributed by atoms with Gasteiger partial charge in [0.05, 0.1) is 0 Å². The number of carbonyl (C=O) groups is 1. The molecule has 0 aliphatic heterocycles. The molecule has 1 amide bonds. The van der Waals surface area contributed by atoms with E-state index in [0.29, 0.717) is 11.7 Å². The molecule has 1 aromatic rings. The van der Waals surface area contributed by atoms with Gasteiger partial charge >= 0.3 is 0 Å². The second-order valence-corrected chi connectivity index (χ2v) is 6.17. The number of ether oxygens (including phenoxy) is 1. The number of amides is 1. The van der Waals surface area contributed by atoms with E-state index >= 15 is 0 Å². The van der Waals surface area contributed by atoms with Gasteiger partial charge in [0, 0.05) is 11.6 Å². The fraction of sp³-hybridized carbons (Fsp3) is 0.529. The van der Waals surface area contributed by atoms with Crippen molar-refractivity contribution in [3.05, 3.63) is 30.3 Å². The van der Waals surface area contributed by atoms with Gasteiger partial charge in [0.25, 0.3) is 5.91 Å². The van der Waals surface area contributed by atoms with Crippen LogP contribution in [-0.4, -0.2) is 18.2 Å². The minimum absolute atomic E-state index is 0.00247. The molecule has 0 radical (unpaired) electrons. The lowest BCUT2D eigenvalue weighted by molar-refractivity contribution is -0.123. The van der Waals surface area contributed by atoms with Crippen LogP contribution in [0.1, 0.15) is 32.6 Å². The predicted molar refractivity (Wildman–Crippen MR) is 82.1 cm³/mol. The quantitative estimate of drug-likeness (QED) is 0.668. The summed E-state index contributed by atoms with van der Waals surface area (Å²) in [5, 5.41) is 4.27.